The minimum atomic E-state index is -0.370. The molecular formula is C12H16N2O. The molecule has 80 valence electrons. The molecule has 0 fully saturated rings. The van der Waals surface area contributed by atoms with Crippen LogP contribution in [0.15, 0.2) is 35.3 Å². The molecule has 1 aliphatic heterocycles. The number of aliphatic imine (C=N–C) groups is 1. The molecule has 2 rings (SSSR count). The third-order valence-corrected chi connectivity index (χ3v) is 2.95. The highest BCUT2D eigenvalue weighted by molar-refractivity contribution is 5.81. The lowest BCUT2D eigenvalue weighted by Crippen LogP contribution is -2.42. The highest BCUT2D eigenvalue weighted by atomic mass is 16.5. The molecule has 1 heterocycles. The van der Waals surface area contributed by atoms with E-state index in [1.165, 1.54) is 5.06 Å². The second-order valence-electron chi connectivity index (χ2n) is 4.45. The van der Waals surface area contributed by atoms with E-state index in [-0.39, 0.29) is 11.6 Å². The number of rotatable bonds is 1. The molecule has 0 aliphatic carbocycles. The maximum Gasteiger partial charge on any atom is 0.122 e. The Balaban J connectivity index is 2.40. The van der Waals surface area contributed by atoms with Gasteiger partial charge in [0, 0.05) is 0 Å². The van der Waals surface area contributed by atoms with E-state index in [2.05, 4.69) is 4.99 Å². The average molecular weight is 204 g/mol. The topological polar surface area (TPSA) is 35.8 Å². The van der Waals surface area contributed by atoms with Crippen LogP contribution < -0.4 is 0 Å². The van der Waals surface area contributed by atoms with Crippen LogP contribution in [0.1, 0.15) is 32.4 Å². The van der Waals surface area contributed by atoms with Gasteiger partial charge in [0.15, 0.2) is 0 Å². The molecule has 1 atom stereocenters. The number of amidine groups is 1. The molecule has 3 nitrogen and oxygen atoms in total. The zero-order valence-corrected chi connectivity index (χ0v) is 9.31. The SMILES string of the molecule is CC1=NC(c2ccccc2)C(C)(C)N1O. The Morgan fingerprint density at radius 1 is 1.27 bits per heavy atom. The van der Waals surface area contributed by atoms with E-state index in [0.29, 0.717) is 5.84 Å². The summed E-state index contributed by atoms with van der Waals surface area (Å²) in [5, 5.41) is 11.1. The van der Waals surface area contributed by atoms with Gasteiger partial charge in [-0.05, 0) is 26.3 Å². The van der Waals surface area contributed by atoms with Gasteiger partial charge in [0.25, 0.3) is 0 Å². The smallest absolute Gasteiger partial charge is 0.122 e. The van der Waals surface area contributed by atoms with Crippen LogP contribution in [0.25, 0.3) is 0 Å². The van der Waals surface area contributed by atoms with E-state index >= 15 is 0 Å². The van der Waals surface area contributed by atoms with Crippen molar-refractivity contribution in [3.63, 3.8) is 0 Å². The summed E-state index contributed by atoms with van der Waals surface area (Å²) in [7, 11) is 0. The molecule has 1 N–H and O–H groups in total. The third kappa shape index (κ3) is 1.53. The maximum absolute atomic E-state index is 9.86. The van der Waals surface area contributed by atoms with Gasteiger partial charge in [-0.15, -0.1) is 0 Å². The van der Waals surface area contributed by atoms with Crippen LogP contribution in [-0.2, 0) is 0 Å². The lowest BCUT2D eigenvalue weighted by molar-refractivity contribution is -0.0890. The van der Waals surface area contributed by atoms with Crippen molar-refractivity contribution in [1.82, 2.24) is 5.06 Å². The van der Waals surface area contributed by atoms with E-state index in [1.54, 1.807) is 0 Å². The Morgan fingerprint density at radius 3 is 2.33 bits per heavy atom. The summed E-state index contributed by atoms with van der Waals surface area (Å²) < 4.78 is 0. The van der Waals surface area contributed by atoms with E-state index < -0.39 is 0 Å². The predicted molar refractivity (Wildman–Crippen MR) is 60.0 cm³/mol. The minimum absolute atomic E-state index is 0.00343. The molecule has 1 unspecified atom stereocenters. The predicted octanol–water partition coefficient (Wildman–Crippen LogP) is 2.63. The largest absolute Gasteiger partial charge is 0.287 e. The second-order valence-corrected chi connectivity index (χ2v) is 4.45. The number of nitrogens with zero attached hydrogens (tertiary/aromatic N) is 2. The summed E-state index contributed by atoms with van der Waals surface area (Å²) in [4.78, 5) is 4.49. The first-order valence-electron chi connectivity index (χ1n) is 5.12. The van der Waals surface area contributed by atoms with Gasteiger partial charge in [-0.2, -0.15) is 0 Å². The molecule has 15 heavy (non-hydrogen) atoms. The summed E-state index contributed by atoms with van der Waals surface area (Å²) in [6.45, 7) is 5.81. The Morgan fingerprint density at radius 2 is 1.87 bits per heavy atom. The van der Waals surface area contributed by atoms with Crippen LogP contribution in [0.2, 0.25) is 0 Å². The van der Waals surface area contributed by atoms with Gasteiger partial charge in [-0.1, -0.05) is 30.3 Å². The van der Waals surface area contributed by atoms with Crippen LogP contribution >= 0.6 is 0 Å². The fraction of sp³-hybridized carbons (Fsp3) is 0.417. The van der Waals surface area contributed by atoms with Gasteiger partial charge >= 0.3 is 0 Å². The highest BCUT2D eigenvalue weighted by Gasteiger charge is 2.42. The van der Waals surface area contributed by atoms with Crippen LogP contribution in [0.5, 0.6) is 0 Å². The van der Waals surface area contributed by atoms with Crippen molar-refractivity contribution in [3.8, 4) is 0 Å². The summed E-state index contributed by atoms with van der Waals surface area (Å²) >= 11 is 0. The average Bonchev–Trinajstić information content (AvgIpc) is 2.43. The lowest BCUT2D eigenvalue weighted by atomic mass is 9.90. The lowest BCUT2D eigenvalue weighted by Gasteiger charge is -2.31. The summed E-state index contributed by atoms with van der Waals surface area (Å²) in [6.07, 6.45) is 0. The number of hydrogen-bond donors (Lipinski definition) is 1. The first-order chi connectivity index (χ1) is 7.03. The molecule has 0 saturated heterocycles. The van der Waals surface area contributed by atoms with Crippen molar-refractivity contribution in [3.05, 3.63) is 35.9 Å². The molecule has 0 bridgehead atoms. The summed E-state index contributed by atoms with van der Waals surface area (Å²) in [5.74, 6) is 0.675. The van der Waals surface area contributed by atoms with Gasteiger partial charge in [0.05, 0.1) is 5.54 Å². The van der Waals surface area contributed by atoms with Gasteiger partial charge in [0.2, 0.25) is 0 Å². The van der Waals surface area contributed by atoms with Gasteiger partial charge < -0.3 is 0 Å². The number of benzene rings is 1. The molecule has 0 saturated carbocycles. The van der Waals surface area contributed by atoms with Crippen molar-refractivity contribution in [2.24, 2.45) is 4.99 Å². The monoisotopic (exact) mass is 204 g/mol. The van der Waals surface area contributed by atoms with E-state index in [1.807, 2.05) is 51.1 Å². The van der Waals surface area contributed by atoms with Gasteiger partial charge in [-0.3, -0.25) is 10.2 Å². The summed E-state index contributed by atoms with van der Waals surface area (Å²) in [5.41, 5.74) is 0.768. The third-order valence-electron chi connectivity index (χ3n) is 2.95. The molecule has 1 aromatic rings. The Hall–Kier alpha value is -1.35. The van der Waals surface area contributed by atoms with Crippen LogP contribution in [0, 0.1) is 0 Å². The van der Waals surface area contributed by atoms with Crippen LogP contribution in [0.3, 0.4) is 0 Å². The standard InChI is InChI=1S/C12H16N2O/c1-9-13-11(12(2,3)14(9)15)10-7-5-4-6-8-10/h4-8,11,15H,1-3H3. The Kier molecular flexibility index (Phi) is 2.27. The molecule has 0 spiro atoms. The quantitative estimate of drug-likeness (QED) is 0.763. The minimum Gasteiger partial charge on any atom is -0.287 e. The van der Waals surface area contributed by atoms with Crippen molar-refractivity contribution in [2.45, 2.75) is 32.4 Å². The normalized spacial score (nSPS) is 24.1. The number of hydroxylamine groups is 2. The molecule has 1 aromatic carbocycles. The zero-order chi connectivity index (χ0) is 11.1. The zero-order valence-electron chi connectivity index (χ0n) is 9.31. The van der Waals surface area contributed by atoms with E-state index in [9.17, 15) is 5.21 Å². The van der Waals surface area contributed by atoms with Gasteiger partial charge in [-0.25, -0.2) is 5.06 Å². The Bertz CT molecular complexity index is 384. The van der Waals surface area contributed by atoms with Crippen molar-refractivity contribution < 1.29 is 5.21 Å². The van der Waals surface area contributed by atoms with E-state index in [4.69, 9.17) is 0 Å². The molecule has 3 heteroatoms. The second kappa shape index (κ2) is 3.35. The van der Waals surface area contributed by atoms with Gasteiger partial charge in [0.1, 0.15) is 11.9 Å². The fourth-order valence-electron chi connectivity index (χ4n) is 2.05. The number of hydrogen-bond acceptors (Lipinski definition) is 3. The van der Waals surface area contributed by atoms with Crippen molar-refractivity contribution in [1.29, 1.82) is 0 Å². The van der Waals surface area contributed by atoms with E-state index in [0.717, 1.165) is 5.56 Å². The molecule has 0 amide bonds. The first kappa shape index (κ1) is 10.2. The summed E-state index contributed by atoms with van der Waals surface area (Å²) in [6, 6.07) is 10.1. The molecule has 0 aromatic heterocycles. The molecule has 0 radical (unpaired) electrons. The van der Waals surface area contributed by atoms with Crippen LogP contribution in [-0.4, -0.2) is 21.6 Å². The molecule has 1 aliphatic rings. The van der Waals surface area contributed by atoms with Crippen molar-refractivity contribution >= 4 is 5.84 Å². The fourth-order valence-corrected chi connectivity index (χ4v) is 2.05. The first-order valence-corrected chi connectivity index (χ1v) is 5.12. The Labute approximate surface area is 90.0 Å². The van der Waals surface area contributed by atoms with Crippen LogP contribution in [0.4, 0.5) is 0 Å². The maximum atomic E-state index is 9.86. The van der Waals surface area contributed by atoms with Crippen molar-refractivity contribution in [2.75, 3.05) is 0 Å². The highest BCUT2D eigenvalue weighted by Crippen LogP contribution is 2.38. The molecular weight excluding hydrogens is 188 g/mol.